The van der Waals surface area contributed by atoms with Gasteiger partial charge in [0.25, 0.3) is 17.5 Å². The Balaban J connectivity index is 1.74. The van der Waals surface area contributed by atoms with Crippen LogP contribution in [0.3, 0.4) is 0 Å². The molecule has 0 aliphatic carbocycles. The third-order valence-electron chi connectivity index (χ3n) is 3.64. The number of rotatable bonds is 3. The number of benzene rings is 3. The van der Waals surface area contributed by atoms with Crippen LogP contribution in [0.2, 0.25) is 0 Å². The van der Waals surface area contributed by atoms with Crippen molar-refractivity contribution in [3.63, 3.8) is 0 Å². The van der Waals surface area contributed by atoms with Crippen LogP contribution >= 0.6 is 0 Å². The van der Waals surface area contributed by atoms with E-state index in [1.165, 1.54) is 18.2 Å². The van der Waals surface area contributed by atoms with Gasteiger partial charge in [-0.3, -0.25) is 30.6 Å². The predicted molar refractivity (Wildman–Crippen MR) is 92.0 cm³/mol. The topological polar surface area (TPSA) is 101 Å². The van der Waals surface area contributed by atoms with Crippen molar-refractivity contribution in [3.05, 3.63) is 88.0 Å². The lowest BCUT2D eigenvalue weighted by Gasteiger charge is -2.09. The predicted octanol–water partition coefficient (Wildman–Crippen LogP) is 2.82. The minimum atomic E-state index is -0.641. The zero-order valence-corrected chi connectivity index (χ0v) is 12.9. The summed E-state index contributed by atoms with van der Waals surface area (Å²) < 4.78 is 0. The molecular formula is C18H13N3O4. The summed E-state index contributed by atoms with van der Waals surface area (Å²) in [4.78, 5) is 34.6. The maximum Gasteiger partial charge on any atom is 0.270 e. The molecule has 0 aliphatic rings. The molecule has 2 N–H and O–H groups in total. The molecule has 7 heteroatoms. The zero-order valence-electron chi connectivity index (χ0n) is 12.9. The van der Waals surface area contributed by atoms with Gasteiger partial charge in [0.1, 0.15) is 0 Å². The van der Waals surface area contributed by atoms with Crippen molar-refractivity contribution >= 4 is 28.3 Å². The molecule has 3 aromatic carbocycles. The van der Waals surface area contributed by atoms with Crippen molar-refractivity contribution in [2.24, 2.45) is 0 Å². The van der Waals surface area contributed by atoms with Gasteiger partial charge in [-0.1, -0.05) is 42.5 Å². The van der Waals surface area contributed by atoms with Gasteiger partial charge < -0.3 is 0 Å². The van der Waals surface area contributed by atoms with Crippen LogP contribution in [-0.2, 0) is 0 Å². The van der Waals surface area contributed by atoms with E-state index < -0.39 is 16.7 Å². The Bertz CT molecular complexity index is 979. The Morgan fingerprint density at radius 3 is 2.32 bits per heavy atom. The first kappa shape index (κ1) is 16.1. The smallest absolute Gasteiger partial charge is 0.267 e. The second-order valence-electron chi connectivity index (χ2n) is 5.24. The zero-order chi connectivity index (χ0) is 17.8. The molecule has 0 heterocycles. The lowest BCUT2D eigenvalue weighted by Crippen LogP contribution is -2.41. The van der Waals surface area contributed by atoms with Crippen molar-refractivity contribution in [1.29, 1.82) is 0 Å². The molecule has 0 radical (unpaired) electrons. The molecule has 0 saturated heterocycles. The maximum atomic E-state index is 12.3. The Kier molecular flexibility index (Phi) is 4.38. The normalized spacial score (nSPS) is 10.2. The van der Waals surface area contributed by atoms with Gasteiger partial charge in [-0.15, -0.1) is 0 Å². The summed E-state index contributed by atoms with van der Waals surface area (Å²) in [5.74, 6) is -1.12. The highest BCUT2D eigenvalue weighted by Crippen LogP contribution is 2.18. The number of fused-ring (bicyclic) bond motifs is 1. The summed E-state index contributed by atoms with van der Waals surface area (Å²) in [5.41, 5.74) is 4.89. The van der Waals surface area contributed by atoms with Crippen molar-refractivity contribution < 1.29 is 14.5 Å². The van der Waals surface area contributed by atoms with Gasteiger partial charge in [0, 0.05) is 23.3 Å². The van der Waals surface area contributed by atoms with Gasteiger partial charge in [-0.25, -0.2) is 0 Å². The third-order valence-corrected chi connectivity index (χ3v) is 3.64. The fourth-order valence-electron chi connectivity index (χ4n) is 2.44. The fourth-order valence-corrected chi connectivity index (χ4v) is 2.44. The quantitative estimate of drug-likeness (QED) is 0.567. The van der Waals surface area contributed by atoms with E-state index in [-0.39, 0.29) is 11.3 Å². The first-order valence-corrected chi connectivity index (χ1v) is 7.39. The van der Waals surface area contributed by atoms with Gasteiger partial charge >= 0.3 is 0 Å². The number of carbonyl (C=O) groups excluding carboxylic acids is 2. The van der Waals surface area contributed by atoms with Crippen LogP contribution in [-0.4, -0.2) is 16.7 Å². The molecule has 3 rings (SSSR count). The minimum absolute atomic E-state index is 0.0763. The number of nitro groups is 1. The van der Waals surface area contributed by atoms with Gasteiger partial charge in [-0.2, -0.15) is 0 Å². The van der Waals surface area contributed by atoms with Crippen molar-refractivity contribution in [2.45, 2.75) is 0 Å². The largest absolute Gasteiger partial charge is 0.270 e. The Labute approximate surface area is 142 Å². The van der Waals surface area contributed by atoms with Gasteiger partial charge in [0.05, 0.1) is 4.92 Å². The molecule has 0 spiro atoms. The van der Waals surface area contributed by atoms with Gasteiger partial charge in [0.2, 0.25) is 0 Å². The van der Waals surface area contributed by atoms with Gasteiger partial charge in [-0.05, 0) is 22.9 Å². The van der Waals surface area contributed by atoms with Crippen molar-refractivity contribution in [1.82, 2.24) is 10.9 Å². The average molecular weight is 335 g/mol. The molecule has 0 atom stereocenters. The average Bonchev–Trinajstić information content (AvgIpc) is 2.65. The van der Waals surface area contributed by atoms with Crippen LogP contribution in [0.15, 0.2) is 66.7 Å². The Morgan fingerprint density at radius 1 is 0.840 bits per heavy atom. The van der Waals surface area contributed by atoms with E-state index in [4.69, 9.17) is 0 Å². The van der Waals surface area contributed by atoms with Crippen LogP contribution in [0.5, 0.6) is 0 Å². The lowest BCUT2D eigenvalue weighted by atomic mass is 10.0. The number of hydrogen-bond donors (Lipinski definition) is 2. The summed E-state index contributed by atoms with van der Waals surface area (Å²) in [5, 5.41) is 12.4. The van der Waals surface area contributed by atoms with E-state index in [1.807, 2.05) is 30.3 Å². The molecule has 3 aromatic rings. The highest BCUT2D eigenvalue weighted by atomic mass is 16.6. The highest BCUT2D eigenvalue weighted by Gasteiger charge is 2.14. The van der Waals surface area contributed by atoms with Crippen LogP contribution in [0, 0.1) is 10.1 Å². The van der Waals surface area contributed by atoms with Crippen molar-refractivity contribution in [2.75, 3.05) is 0 Å². The monoisotopic (exact) mass is 335 g/mol. The number of hydrogen-bond acceptors (Lipinski definition) is 4. The molecular weight excluding hydrogens is 322 g/mol. The molecule has 0 unspecified atom stereocenters. The summed E-state index contributed by atoms with van der Waals surface area (Å²) in [7, 11) is 0. The molecule has 0 fully saturated rings. The second-order valence-corrected chi connectivity index (χ2v) is 5.24. The van der Waals surface area contributed by atoms with Crippen LogP contribution in [0.1, 0.15) is 20.7 Å². The van der Waals surface area contributed by atoms with Crippen LogP contribution < -0.4 is 10.9 Å². The van der Waals surface area contributed by atoms with E-state index in [1.54, 1.807) is 12.1 Å². The molecule has 25 heavy (non-hydrogen) atoms. The third kappa shape index (κ3) is 3.45. The van der Waals surface area contributed by atoms with Crippen LogP contribution in [0.4, 0.5) is 5.69 Å². The summed E-state index contributed by atoms with van der Waals surface area (Å²) >= 11 is 0. The van der Waals surface area contributed by atoms with E-state index in [0.29, 0.717) is 5.56 Å². The minimum Gasteiger partial charge on any atom is -0.267 e. The summed E-state index contributed by atoms with van der Waals surface area (Å²) in [6.07, 6.45) is 0. The Morgan fingerprint density at radius 2 is 1.52 bits per heavy atom. The number of carbonyl (C=O) groups is 2. The molecule has 2 amide bonds. The summed E-state index contributed by atoms with van der Waals surface area (Å²) in [6, 6.07) is 17.9. The van der Waals surface area contributed by atoms with E-state index in [9.17, 15) is 19.7 Å². The van der Waals surface area contributed by atoms with E-state index in [0.717, 1.165) is 16.8 Å². The first-order chi connectivity index (χ1) is 12.1. The van der Waals surface area contributed by atoms with E-state index >= 15 is 0 Å². The SMILES string of the molecule is O=C(NNC(=O)c1cccc2ccccc12)c1cccc([N+](=O)[O-])c1. The highest BCUT2D eigenvalue weighted by molar-refractivity contribution is 6.08. The number of nitrogens with zero attached hydrogens (tertiary/aromatic N) is 1. The first-order valence-electron chi connectivity index (χ1n) is 7.39. The maximum absolute atomic E-state index is 12.3. The number of non-ortho nitro benzene ring substituents is 1. The molecule has 0 aliphatic heterocycles. The Hall–Kier alpha value is -3.74. The number of amides is 2. The van der Waals surface area contributed by atoms with E-state index in [2.05, 4.69) is 10.9 Å². The lowest BCUT2D eigenvalue weighted by molar-refractivity contribution is -0.384. The number of nitrogens with one attached hydrogen (secondary N) is 2. The van der Waals surface area contributed by atoms with Crippen LogP contribution in [0.25, 0.3) is 10.8 Å². The number of hydrazine groups is 1. The molecule has 0 bridgehead atoms. The molecule has 7 nitrogen and oxygen atoms in total. The molecule has 0 saturated carbocycles. The van der Waals surface area contributed by atoms with Crippen molar-refractivity contribution in [3.8, 4) is 0 Å². The van der Waals surface area contributed by atoms with Gasteiger partial charge in [0.15, 0.2) is 0 Å². The molecule has 0 aromatic heterocycles. The second kappa shape index (κ2) is 6.79. The summed E-state index contributed by atoms with van der Waals surface area (Å²) in [6.45, 7) is 0. The number of nitro benzene ring substituents is 1. The molecule has 124 valence electrons. The fraction of sp³-hybridized carbons (Fsp3) is 0. The standard InChI is InChI=1S/C18H13N3O4/c22-17(13-7-3-8-14(11-13)21(24)25)19-20-18(23)16-10-4-6-12-5-1-2-9-15(12)16/h1-11H,(H,19,22)(H,20,23).